The molecule has 2 heterocycles. The quantitative estimate of drug-likeness (QED) is 0.874. The standard InChI is InChI=1S/C15H20N2O4/c1-16-12-8-11(2-3-14(12)21-10-15(16)19)13(18)9-17-4-6-20-7-5-17/h2-3,8,13,18H,4-7,9-10H2,1H3. The van der Waals surface area contributed by atoms with Gasteiger partial charge in [-0.1, -0.05) is 6.07 Å². The van der Waals surface area contributed by atoms with Crippen LogP contribution in [0.5, 0.6) is 5.75 Å². The minimum Gasteiger partial charge on any atom is -0.482 e. The number of anilines is 1. The summed E-state index contributed by atoms with van der Waals surface area (Å²) in [5.41, 5.74) is 1.51. The van der Waals surface area contributed by atoms with E-state index in [1.54, 1.807) is 11.9 Å². The summed E-state index contributed by atoms with van der Waals surface area (Å²) in [6.45, 7) is 3.73. The molecule has 0 aromatic heterocycles. The summed E-state index contributed by atoms with van der Waals surface area (Å²) in [6.07, 6.45) is -0.584. The highest BCUT2D eigenvalue weighted by Crippen LogP contribution is 2.33. The number of benzene rings is 1. The molecule has 1 saturated heterocycles. The van der Waals surface area contributed by atoms with Crippen LogP contribution in [0, 0.1) is 0 Å². The maximum atomic E-state index is 11.7. The zero-order valence-electron chi connectivity index (χ0n) is 12.1. The lowest BCUT2D eigenvalue weighted by Gasteiger charge is -2.30. The van der Waals surface area contributed by atoms with Crippen molar-refractivity contribution in [3.05, 3.63) is 23.8 Å². The van der Waals surface area contributed by atoms with Crippen LogP contribution in [0.15, 0.2) is 18.2 Å². The van der Waals surface area contributed by atoms with Crippen molar-refractivity contribution in [3.8, 4) is 5.75 Å². The van der Waals surface area contributed by atoms with E-state index in [1.165, 1.54) is 0 Å². The Balaban J connectivity index is 1.74. The number of aliphatic hydroxyl groups is 1. The molecule has 0 saturated carbocycles. The van der Waals surface area contributed by atoms with E-state index >= 15 is 0 Å². The van der Waals surface area contributed by atoms with Crippen molar-refractivity contribution in [1.29, 1.82) is 0 Å². The summed E-state index contributed by atoms with van der Waals surface area (Å²) in [4.78, 5) is 15.4. The van der Waals surface area contributed by atoms with Crippen LogP contribution >= 0.6 is 0 Å². The molecule has 3 rings (SSSR count). The number of rotatable bonds is 3. The minimum absolute atomic E-state index is 0.0686. The summed E-state index contributed by atoms with van der Waals surface area (Å²) in [5.74, 6) is 0.599. The average molecular weight is 292 g/mol. The highest BCUT2D eigenvalue weighted by Gasteiger charge is 2.24. The molecule has 0 aliphatic carbocycles. The van der Waals surface area contributed by atoms with E-state index in [9.17, 15) is 9.90 Å². The maximum absolute atomic E-state index is 11.7. The zero-order valence-corrected chi connectivity index (χ0v) is 12.1. The summed E-state index contributed by atoms with van der Waals surface area (Å²) in [5, 5.41) is 10.4. The average Bonchev–Trinajstić information content (AvgIpc) is 2.52. The van der Waals surface area contributed by atoms with Crippen LogP contribution in [-0.2, 0) is 9.53 Å². The van der Waals surface area contributed by atoms with Gasteiger partial charge in [0.25, 0.3) is 5.91 Å². The Morgan fingerprint density at radius 3 is 2.86 bits per heavy atom. The van der Waals surface area contributed by atoms with Crippen molar-refractivity contribution >= 4 is 11.6 Å². The van der Waals surface area contributed by atoms with Crippen LogP contribution in [0.25, 0.3) is 0 Å². The first-order chi connectivity index (χ1) is 10.1. The van der Waals surface area contributed by atoms with Crippen LogP contribution in [0.2, 0.25) is 0 Å². The fraction of sp³-hybridized carbons (Fsp3) is 0.533. The number of β-amino-alcohol motifs (C(OH)–C–C–N with tert-alkyl or cyclic N) is 1. The van der Waals surface area contributed by atoms with E-state index in [2.05, 4.69) is 4.90 Å². The van der Waals surface area contributed by atoms with Crippen molar-refractivity contribution in [2.75, 3.05) is 51.4 Å². The van der Waals surface area contributed by atoms with E-state index in [0.29, 0.717) is 31.2 Å². The summed E-state index contributed by atoms with van der Waals surface area (Å²) in [7, 11) is 1.72. The first-order valence-electron chi connectivity index (χ1n) is 7.16. The first kappa shape index (κ1) is 14.3. The monoisotopic (exact) mass is 292 g/mol. The Hall–Kier alpha value is -1.63. The molecule has 2 aliphatic rings. The lowest BCUT2D eigenvalue weighted by Crippen LogP contribution is -2.39. The van der Waals surface area contributed by atoms with E-state index in [4.69, 9.17) is 9.47 Å². The molecule has 1 aromatic rings. The van der Waals surface area contributed by atoms with Crippen molar-refractivity contribution in [2.24, 2.45) is 0 Å². The topological polar surface area (TPSA) is 62.2 Å². The van der Waals surface area contributed by atoms with Gasteiger partial charge in [0.1, 0.15) is 5.75 Å². The fourth-order valence-corrected chi connectivity index (χ4v) is 2.63. The SMILES string of the molecule is CN1C(=O)COc2ccc(C(O)CN3CCOCC3)cc21. The third kappa shape index (κ3) is 3.02. The Labute approximate surface area is 123 Å². The predicted molar refractivity (Wildman–Crippen MR) is 77.6 cm³/mol. The summed E-state index contributed by atoms with van der Waals surface area (Å²) >= 11 is 0. The highest BCUT2D eigenvalue weighted by atomic mass is 16.5. The molecule has 1 N–H and O–H groups in total. The number of fused-ring (bicyclic) bond motifs is 1. The Morgan fingerprint density at radius 2 is 2.10 bits per heavy atom. The molecule has 6 nitrogen and oxygen atoms in total. The van der Waals surface area contributed by atoms with E-state index in [1.807, 2.05) is 18.2 Å². The molecule has 0 bridgehead atoms. The predicted octanol–water partition coefficient (Wildman–Crippen LogP) is 0.407. The van der Waals surface area contributed by atoms with Crippen molar-refractivity contribution in [1.82, 2.24) is 4.90 Å². The molecule has 1 unspecified atom stereocenters. The van der Waals surface area contributed by atoms with Gasteiger partial charge in [-0.05, 0) is 17.7 Å². The summed E-state index contributed by atoms with van der Waals surface area (Å²) in [6, 6.07) is 5.50. The van der Waals surface area contributed by atoms with Gasteiger partial charge in [0.2, 0.25) is 0 Å². The number of likely N-dealkylation sites (N-methyl/N-ethyl adjacent to an activating group) is 1. The van der Waals surface area contributed by atoms with Gasteiger partial charge in [0, 0.05) is 26.7 Å². The fourth-order valence-electron chi connectivity index (χ4n) is 2.63. The molecule has 1 fully saturated rings. The van der Waals surface area contributed by atoms with Crippen LogP contribution in [0.4, 0.5) is 5.69 Å². The molecule has 2 aliphatic heterocycles. The molecule has 1 atom stereocenters. The second-order valence-electron chi connectivity index (χ2n) is 5.40. The number of carbonyl (C=O) groups is 1. The van der Waals surface area contributed by atoms with Gasteiger partial charge in [0.15, 0.2) is 6.61 Å². The maximum Gasteiger partial charge on any atom is 0.264 e. The molecule has 0 radical (unpaired) electrons. The number of amides is 1. The van der Waals surface area contributed by atoms with Crippen molar-refractivity contribution in [3.63, 3.8) is 0 Å². The second kappa shape index (κ2) is 6.01. The molecule has 1 amide bonds. The van der Waals surface area contributed by atoms with Gasteiger partial charge in [-0.3, -0.25) is 9.69 Å². The van der Waals surface area contributed by atoms with Crippen LogP contribution < -0.4 is 9.64 Å². The Bertz CT molecular complexity index is 528. The second-order valence-corrected chi connectivity index (χ2v) is 5.40. The van der Waals surface area contributed by atoms with Gasteiger partial charge in [-0.15, -0.1) is 0 Å². The van der Waals surface area contributed by atoms with Crippen LogP contribution in [-0.4, -0.2) is 62.4 Å². The van der Waals surface area contributed by atoms with Crippen molar-refractivity contribution < 1.29 is 19.4 Å². The number of morpholine rings is 1. The molecule has 21 heavy (non-hydrogen) atoms. The molecule has 0 spiro atoms. The lowest BCUT2D eigenvalue weighted by atomic mass is 10.1. The van der Waals surface area contributed by atoms with Gasteiger partial charge < -0.3 is 19.5 Å². The van der Waals surface area contributed by atoms with Crippen molar-refractivity contribution in [2.45, 2.75) is 6.10 Å². The smallest absolute Gasteiger partial charge is 0.264 e. The molecule has 114 valence electrons. The van der Waals surface area contributed by atoms with Crippen LogP contribution in [0.1, 0.15) is 11.7 Å². The highest BCUT2D eigenvalue weighted by molar-refractivity contribution is 5.97. The number of ether oxygens (including phenoxy) is 2. The van der Waals surface area contributed by atoms with Gasteiger partial charge in [0.05, 0.1) is 25.0 Å². The number of hydrogen-bond donors (Lipinski definition) is 1. The number of aliphatic hydroxyl groups excluding tert-OH is 1. The number of nitrogens with zero attached hydrogens (tertiary/aromatic N) is 2. The molecular formula is C15H20N2O4. The van der Waals surface area contributed by atoms with Gasteiger partial charge in [-0.2, -0.15) is 0 Å². The Morgan fingerprint density at radius 1 is 1.33 bits per heavy atom. The molecule has 1 aromatic carbocycles. The molecule has 6 heteroatoms. The number of carbonyl (C=O) groups excluding carboxylic acids is 1. The lowest BCUT2D eigenvalue weighted by molar-refractivity contribution is -0.120. The van der Waals surface area contributed by atoms with Gasteiger partial charge in [-0.25, -0.2) is 0 Å². The summed E-state index contributed by atoms with van der Waals surface area (Å²) < 4.78 is 10.7. The largest absolute Gasteiger partial charge is 0.482 e. The molecular weight excluding hydrogens is 272 g/mol. The third-order valence-corrected chi connectivity index (χ3v) is 3.99. The van der Waals surface area contributed by atoms with Crippen LogP contribution in [0.3, 0.4) is 0 Å². The minimum atomic E-state index is -0.584. The van der Waals surface area contributed by atoms with E-state index < -0.39 is 6.10 Å². The Kier molecular flexibility index (Phi) is 4.10. The third-order valence-electron chi connectivity index (χ3n) is 3.99. The normalized spacial score (nSPS) is 20.9. The number of hydrogen-bond acceptors (Lipinski definition) is 5. The van der Waals surface area contributed by atoms with Gasteiger partial charge >= 0.3 is 0 Å². The first-order valence-corrected chi connectivity index (χ1v) is 7.16. The van der Waals surface area contributed by atoms with E-state index in [-0.39, 0.29) is 12.5 Å². The van der Waals surface area contributed by atoms with E-state index in [0.717, 1.165) is 18.7 Å². The zero-order chi connectivity index (χ0) is 14.8.